The average Bonchev–Trinajstić information content (AvgIpc) is 3.33. The van der Waals surface area contributed by atoms with Gasteiger partial charge in [0.25, 0.3) is 0 Å². The molecule has 4 N–H and O–H groups in total. The van der Waals surface area contributed by atoms with Crippen molar-refractivity contribution in [2.45, 2.75) is 68.6 Å². The van der Waals surface area contributed by atoms with Crippen molar-refractivity contribution in [3.8, 4) is 0 Å². The average molecular weight is 435 g/mol. The zero-order valence-corrected chi connectivity index (χ0v) is 18.5. The van der Waals surface area contributed by atoms with Crippen LogP contribution in [0.2, 0.25) is 0 Å². The molecule has 2 heterocycles. The van der Waals surface area contributed by atoms with E-state index in [9.17, 15) is 14.1 Å². The van der Waals surface area contributed by atoms with E-state index in [-0.39, 0.29) is 4.21 Å². The standard InChI is InChI=1S/C20H26N4O3S2/c1-11-7-8-13-17(11)22-14-6-4-5-12(14)18(13)23-19(25)24-29(21,27)16-10-9-15(28-16)20(2,3)26/h9-11,26H,4-8H2,1-3H3,(H3,21,22,23,24,25,27)/t11-,29?/m1/s1. The fraction of sp³-hybridized carbons (Fsp3) is 0.500. The summed E-state index contributed by atoms with van der Waals surface area (Å²) in [5.74, 6) is 0.369. The number of anilines is 1. The van der Waals surface area contributed by atoms with E-state index in [1.807, 2.05) is 0 Å². The SMILES string of the molecule is C[C@@H]1CCc2c1nc1c(c2NC(=O)N=S(N)(=O)c2ccc(C(C)(C)O)s2)CCC1. The van der Waals surface area contributed by atoms with Crippen molar-refractivity contribution in [2.75, 3.05) is 5.32 Å². The van der Waals surface area contributed by atoms with Crippen LogP contribution in [0, 0.1) is 0 Å². The van der Waals surface area contributed by atoms with E-state index in [0.717, 1.165) is 71.6 Å². The minimum absolute atomic E-state index is 0.267. The third-order valence-electron chi connectivity index (χ3n) is 5.57. The fourth-order valence-electron chi connectivity index (χ4n) is 4.06. The number of carbonyl (C=O) groups is 1. The van der Waals surface area contributed by atoms with Crippen molar-refractivity contribution in [3.63, 3.8) is 0 Å². The minimum Gasteiger partial charge on any atom is -0.385 e. The molecule has 156 valence electrons. The van der Waals surface area contributed by atoms with Crippen molar-refractivity contribution in [2.24, 2.45) is 9.50 Å². The molecule has 29 heavy (non-hydrogen) atoms. The first-order valence-electron chi connectivity index (χ1n) is 9.79. The summed E-state index contributed by atoms with van der Waals surface area (Å²) in [6.07, 6.45) is 4.68. The van der Waals surface area contributed by atoms with E-state index >= 15 is 0 Å². The number of aryl methyl sites for hydroxylation is 1. The second-order valence-electron chi connectivity index (χ2n) is 8.34. The van der Waals surface area contributed by atoms with Gasteiger partial charge in [0.05, 0.1) is 11.3 Å². The molecule has 2 aliphatic rings. The van der Waals surface area contributed by atoms with Gasteiger partial charge in [0.15, 0.2) is 9.92 Å². The van der Waals surface area contributed by atoms with Crippen LogP contribution in [0.25, 0.3) is 0 Å². The summed E-state index contributed by atoms with van der Waals surface area (Å²) in [4.78, 5) is 18.1. The molecule has 0 aliphatic heterocycles. The van der Waals surface area contributed by atoms with Gasteiger partial charge in [-0.05, 0) is 75.1 Å². The molecule has 2 amide bonds. The van der Waals surface area contributed by atoms with Gasteiger partial charge in [-0.25, -0.2) is 14.1 Å². The van der Waals surface area contributed by atoms with Gasteiger partial charge >= 0.3 is 6.03 Å². The van der Waals surface area contributed by atoms with E-state index in [2.05, 4.69) is 16.6 Å². The van der Waals surface area contributed by atoms with Gasteiger partial charge in [-0.1, -0.05) is 6.92 Å². The Balaban J connectivity index is 1.66. The summed E-state index contributed by atoms with van der Waals surface area (Å²) in [5, 5.41) is 18.9. The van der Waals surface area contributed by atoms with Gasteiger partial charge in [-0.3, -0.25) is 4.98 Å². The van der Waals surface area contributed by atoms with Crippen molar-refractivity contribution in [1.82, 2.24) is 4.98 Å². The summed E-state index contributed by atoms with van der Waals surface area (Å²) >= 11 is 1.10. The Hall–Kier alpha value is -1.81. The second-order valence-corrected chi connectivity index (χ2v) is 11.4. The normalized spacial score (nSPS) is 20.1. The molecule has 0 fully saturated rings. The Morgan fingerprint density at radius 3 is 2.79 bits per heavy atom. The number of fused-ring (bicyclic) bond motifs is 2. The van der Waals surface area contributed by atoms with Crippen LogP contribution in [0.15, 0.2) is 20.7 Å². The maximum Gasteiger partial charge on any atom is 0.354 e. The molecular formula is C20H26N4O3S2. The van der Waals surface area contributed by atoms with Gasteiger partial charge in [-0.15, -0.1) is 15.7 Å². The smallest absolute Gasteiger partial charge is 0.354 e. The van der Waals surface area contributed by atoms with Crippen LogP contribution in [0.5, 0.6) is 0 Å². The molecule has 0 radical (unpaired) electrons. The third-order valence-corrected chi connectivity index (χ3v) is 8.88. The van der Waals surface area contributed by atoms with Crippen LogP contribution in [0.1, 0.15) is 66.9 Å². The Labute approximate surface area is 175 Å². The number of hydrogen-bond donors (Lipinski definition) is 3. The molecule has 0 aromatic carbocycles. The lowest BCUT2D eigenvalue weighted by atomic mass is 10.0. The molecule has 7 nitrogen and oxygen atoms in total. The molecule has 0 bridgehead atoms. The minimum atomic E-state index is -3.40. The number of nitrogens with two attached hydrogens (primary N) is 1. The fourth-order valence-corrected chi connectivity index (χ4v) is 6.30. The highest BCUT2D eigenvalue weighted by Crippen LogP contribution is 2.41. The first-order valence-corrected chi connectivity index (χ1v) is 12.2. The van der Waals surface area contributed by atoms with Crippen LogP contribution in [0.4, 0.5) is 10.5 Å². The van der Waals surface area contributed by atoms with Gasteiger partial charge in [-0.2, -0.15) is 0 Å². The Bertz CT molecular complexity index is 1110. The predicted molar refractivity (Wildman–Crippen MR) is 115 cm³/mol. The van der Waals surface area contributed by atoms with E-state index in [0.29, 0.717) is 10.8 Å². The van der Waals surface area contributed by atoms with Gasteiger partial charge in [0.2, 0.25) is 0 Å². The maximum atomic E-state index is 12.9. The van der Waals surface area contributed by atoms with E-state index in [1.54, 1.807) is 26.0 Å². The monoisotopic (exact) mass is 434 g/mol. The van der Waals surface area contributed by atoms with Crippen LogP contribution in [-0.2, 0) is 34.8 Å². The number of aliphatic hydroxyl groups is 1. The van der Waals surface area contributed by atoms with Gasteiger partial charge in [0, 0.05) is 16.3 Å². The topological polar surface area (TPSA) is 118 Å². The van der Waals surface area contributed by atoms with Crippen molar-refractivity contribution in [3.05, 3.63) is 39.5 Å². The molecule has 2 aromatic heterocycles. The molecule has 2 aromatic rings. The highest BCUT2D eigenvalue weighted by Gasteiger charge is 2.30. The maximum absolute atomic E-state index is 12.9. The molecule has 0 saturated carbocycles. The number of amides is 2. The highest BCUT2D eigenvalue weighted by atomic mass is 32.2. The lowest BCUT2D eigenvalue weighted by Crippen LogP contribution is -2.18. The second kappa shape index (κ2) is 7.16. The zero-order chi connectivity index (χ0) is 21.0. The number of pyridine rings is 1. The number of aromatic nitrogens is 1. The lowest BCUT2D eigenvalue weighted by molar-refractivity contribution is 0.0825. The van der Waals surface area contributed by atoms with Crippen molar-refractivity contribution < 1.29 is 14.1 Å². The predicted octanol–water partition coefficient (Wildman–Crippen LogP) is 3.84. The molecule has 1 unspecified atom stereocenters. The van der Waals surface area contributed by atoms with E-state index < -0.39 is 21.5 Å². The number of nitrogens with one attached hydrogen (secondary N) is 1. The summed E-state index contributed by atoms with van der Waals surface area (Å²) in [7, 11) is -3.40. The van der Waals surface area contributed by atoms with Crippen LogP contribution < -0.4 is 10.5 Å². The third kappa shape index (κ3) is 3.84. The van der Waals surface area contributed by atoms with E-state index in [4.69, 9.17) is 10.1 Å². The number of carbonyl (C=O) groups excluding carboxylic acids is 1. The summed E-state index contributed by atoms with van der Waals surface area (Å²) in [6.45, 7) is 5.42. The summed E-state index contributed by atoms with van der Waals surface area (Å²) in [5.41, 5.74) is 3.97. The first kappa shape index (κ1) is 20.5. The number of nitrogens with zero attached hydrogens (tertiary/aromatic N) is 2. The number of urea groups is 1. The Morgan fingerprint density at radius 2 is 2.10 bits per heavy atom. The van der Waals surface area contributed by atoms with Crippen molar-refractivity contribution >= 4 is 33.0 Å². The molecule has 4 rings (SSSR count). The molecule has 0 spiro atoms. The Kier molecular flexibility index (Phi) is 5.05. The number of rotatable bonds is 3. The molecule has 2 atom stereocenters. The summed E-state index contributed by atoms with van der Waals surface area (Å²) < 4.78 is 17.0. The Morgan fingerprint density at radius 1 is 1.34 bits per heavy atom. The molecule has 9 heteroatoms. The van der Waals surface area contributed by atoms with Crippen molar-refractivity contribution in [1.29, 1.82) is 0 Å². The number of thiophene rings is 1. The van der Waals surface area contributed by atoms with Crippen LogP contribution in [-0.4, -0.2) is 20.3 Å². The van der Waals surface area contributed by atoms with Gasteiger partial charge in [0.1, 0.15) is 4.21 Å². The largest absolute Gasteiger partial charge is 0.385 e. The van der Waals surface area contributed by atoms with E-state index in [1.165, 1.54) is 0 Å². The lowest BCUT2D eigenvalue weighted by Gasteiger charge is -2.15. The highest BCUT2D eigenvalue weighted by molar-refractivity contribution is 7.93. The molecule has 0 saturated heterocycles. The zero-order valence-electron chi connectivity index (χ0n) is 16.8. The van der Waals surface area contributed by atoms with Gasteiger partial charge < -0.3 is 10.4 Å². The quantitative estimate of drug-likeness (QED) is 0.680. The molecular weight excluding hydrogens is 408 g/mol. The first-order chi connectivity index (χ1) is 13.6. The summed E-state index contributed by atoms with van der Waals surface area (Å²) in [6, 6.07) is 2.50. The number of hydrogen-bond acceptors (Lipinski definition) is 5. The van der Waals surface area contributed by atoms with Crippen LogP contribution >= 0.6 is 11.3 Å². The molecule has 2 aliphatic carbocycles. The van der Waals surface area contributed by atoms with Crippen LogP contribution in [0.3, 0.4) is 0 Å².